The number of anilines is 1. The monoisotopic (exact) mass is 274 g/mol. The first-order valence-electron chi connectivity index (χ1n) is 7.53. The zero-order valence-corrected chi connectivity index (χ0v) is 12.2. The highest BCUT2D eigenvalue weighted by molar-refractivity contribution is 5.99. The lowest BCUT2D eigenvalue weighted by Gasteiger charge is -2.32. The molecule has 1 amide bonds. The Morgan fingerprint density at radius 1 is 1.45 bits per heavy atom. The van der Waals surface area contributed by atoms with E-state index >= 15 is 0 Å². The molecule has 0 saturated carbocycles. The molecule has 0 radical (unpaired) electrons. The van der Waals surface area contributed by atoms with Crippen LogP contribution in [0.15, 0.2) is 18.2 Å². The Balaban J connectivity index is 1.86. The van der Waals surface area contributed by atoms with E-state index in [1.165, 1.54) is 18.4 Å². The predicted molar refractivity (Wildman–Crippen MR) is 79.3 cm³/mol. The van der Waals surface area contributed by atoms with Crippen LogP contribution in [0.5, 0.6) is 5.75 Å². The Hall–Kier alpha value is -1.55. The van der Waals surface area contributed by atoms with Gasteiger partial charge in [-0.3, -0.25) is 4.79 Å². The van der Waals surface area contributed by atoms with Gasteiger partial charge in [0.25, 0.3) is 5.91 Å². The number of ether oxygens (including phenoxy) is 1. The van der Waals surface area contributed by atoms with Gasteiger partial charge in [0.2, 0.25) is 0 Å². The molecular formula is C16H22N2O2. The summed E-state index contributed by atoms with van der Waals surface area (Å²) in [5.74, 6) is 0.873. The minimum absolute atomic E-state index is 0.0520. The van der Waals surface area contributed by atoms with Crippen LogP contribution in [0.25, 0.3) is 0 Å². The van der Waals surface area contributed by atoms with E-state index in [9.17, 15) is 4.79 Å². The molecule has 4 nitrogen and oxygen atoms in total. The first kappa shape index (κ1) is 13.4. The van der Waals surface area contributed by atoms with Gasteiger partial charge in [-0.25, -0.2) is 0 Å². The zero-order chi connectivity index (χ0) is 14.1. The third-order valence-corrected chi connectivity index (χ3v) is 4.19. The highest BCUT2D eigenvalue weighted by Gasteiger charge is 2.30. The van der Waals surface area contributed by atoms with E-state index in [1.54, 1.807) is 0 Å². The van der Waals surface area contributed by atoms with Crippen LogP contribution < -0.4 is 15.0 Å². The Bertz CT molecular complexity index is 509. The summed E-state index contributed by atoms with van der Waals surface area (Å²) >= 11 is 0. The summed E-state index contributed by atoms with van der Waals surface area (Å²) in [6.07, 6.45) is 3.13. The molecule has 0 aromatic heterocycles. The van der Waals surface area contributed by atoms with Gasteiger partial charge in [0.05, 0.1) is 5.69 Å². The normalized spacial score (nSPS) is 25.5. The smallest absolute Gasteiger partial charge is 0.267 e. The van der Waals surface area contributed by atoms with E-state index in [4.69, 9.17) is 4.74 Å². The average Bonchev–Trinajstić information content (AvgIpc) is 2.94. The molecule has 108 valence electrons. The van der Waals surface area contributed by atoms with Crippen LogP contribution in [0.2, 0.25) is 0 Å². The number of rotatable bonds is 3. The molecule has 1 saturated heterocycles. The minimum Gasteiger partial charge on any atom is -0.479 e. The number of nitrogens with zero attached hydrogens (tertiary/aromatic N) is 1. The third-order valence-electron chi connectivity index (χ3n) is 4.19. The molecule has 0 bridgehead atoms. The molecular weight excluding hydrogens is 252 g/mol. The van der Waals surface area contributed by atoms with Crippen LogP contribution >= 0.6 is 0 Å². The minimum atomic E-state index is -0.384. The van der Waals surface area contributed by atoms with Crippen molar-refractivity contribution in [1.82, 2.24) is 5.32 Å². The van der Waals surface area contributed by atoms with Crippen molar-refractivity contribution in [2.24, 2.45) is 0 Å². The molecule has 20 heavy (non-hydrogen) atoms. The van der Waals surface area contributed by atoms with Crippen molar-refractivity contribution in [1.29, 1.82) is 0 Å². The topological polar surface area (TPSA) is 41.6 Å². The maximum atomic E-state index is 12.2. The SMILES string of the molecule is CCN1C(=O)C(C)Oc2ccc(CC3CCCN3)cc21. The van der Waals surface area contributed by atoms with E-state index in [-0.39, 0.29) is 12.0 Å². The van der Waals surface area contributed by atoms with Gasteiger partial charge >= 0.3 is 0 Å². The van der Waals surface area contributed by atoms with E-state index < -0.39 is 0 Å². The van der Waals surface area contributed by atoms with Gasteiger partial charge in [-0.05, 0) is 57.4 Å². The fourth-order valence-corrected chi connectivity index (χ4v) is 3.12. The maximum Gasteiger partial charge on any atom is 0.267 e. The fraction of sp³-hybridized carbons (Fsp3) is 0.562. The number of carbonyl (C=O) groups excluding carboxylic acids is 1. The van der Waals surface area contributed by atoms with Crippen molar-refractivity contribution in [3.63, 3.8) is 0 Å². The highest BCUT2D eigenvalue weighted by Crippen LogP contribution is 2.35. The Morgan fingerprint density at radius 2 is 2.30 bits per heavy atom. The van der Waals surface area contributed by atoms with Crippen molar-refractivity contribution in [2.45, 2.75) is 45.3 Å². The Kier molecular flexibility index (Phi) is 3.66. The second-order valence-corrected chi connectivity index (χ2v) is 5.64. The molecule has 1 aromatic rings. The number of fused-ring (bicyclic) bond motifs is 1. The number of benzene rings is 1. The average molecular weight is 274 g/mol. The summed E-state index contributed by atoms with van der Waals surface area (Å²) in [5.41, 5.74) is 2.19. The highest BCUT2D eigenvalue weighted by atomic mass is 16.5. The molecule has 2 aliphatic heterocycles. The summed E-state index contributed by atoms with van der Waals surface area (Å²) in [5, 5.41) is 3.51. The third kappa shape index (κ3) is 2.40. The number of hydrogen-bond donors (Lipinski definition) is 1. The molecule has 3 rings (SSSR count). The molecule has 0 spiro atoms. The summed E-state index contributed by atoms with van der Waals surface area (Å²) in [4.78, 5) is 14.0. The van der Waals surface area contributed by atoms with Gasteiger partial charge in [0.15, 0.2) is 6.10 Å². The van der Waals surface area contributed by atoms with Crippen LogP contribution in [0.4, 0.5) is 5.69 Å². The van der Waals surface area contributed by atoms with Crippen LogP contribution in [-0.2, 0) is 11.2 Å². The Labute approximate surface area is 120 Å². The van der Waals surface area contributed by atoms with Crippen LogP contribution in [0.1, 0.15) is 32.3 Å². The van der Waals surface area contributed by atoms with Crippen molar-refractivity contribution in [2.75, 3.05) is 18.0 Å². The molecule has 2 unspecified atom stereocenters. The number of likely N-dealkylation sites (N-methyl/N-ethyl adjacent to an activating group) is 1. The predicted octanol–water partition coefficient (Wildman–Crippen LogP) is 2.11. The van der Waals surface area contributed by atoms with E-state index in [0.717, 1.165) is 24.4 Å². The molecule has 1 N–H and O–H groups in total. The lowest BCUT2D eigenvalue weighted by atomic mass is 10.0. The molecule has 2 heterocycles. The Morgan fingerprint density at radius 3 is 3.00 bits per heavy atom. The van der Waals surface area contributed by atoms with Crippen LogP contribution in [-0.4, -0.2) is 31.1 Å². The maximum absolute atomic E-state index is 12.2. The summed E-state index contributed by atoms with van der Waals surface area (Å²) in [6.45, 7) is 5.62. The quantitative estimate of drug-likeness (QED) is 0.918. The van der Waals surface area contributed by atoms with Crippen molar-refractivity contribution >= 4 is 11.6 Å². The zero-order valence-electron chi connectivity index (χ0n) is 12.2. The van der Waals surface area contributed by atoms with Gasteiger partial charge in [-0.15, -0.1) is 0 Å². The molecule has 0 aliphatic carbocycles. The number of carbonyl (C=O) groups is 1. The molecule has 4 heteroatoms. The van der Waals surface area contributed by atoms with Gasteiger partial charge in [0.1, 0.15) is 5.75 Å². The second kappa shape index (κ2) is 5.44. The summed E-state index contributed by atoms with van der Waals surface area (Å²) < 4.78 is 5.69. The summed E-state index contributed by atoms with van der Waals surface area (Å²) in [7, 11) is 0. The van der Waals surface area contributed by atoms with Crippen LogP contribution in [0, 0.1) is 0 Å². The van der Waals surface area contributed by atoms with Crippen molar-refractivity contribution in [3.8, 4) is 5.75 Å². The van der Waals surface area contributed by atoms with Gasteiger partial charge < -0.3 is 15.0 Å². The number of hydrogen-bond acceptors (Lipinski definition) is 3. The molecule has 1 fully saturated rings. The van der Waals surface area contributed by atoms with E-state index in [0.29, 0.717) is 12.6 Å². The van der Waals surface area contributed by atoms with Crippen molar-refractivity contribution < 1.29 is 9.53 Å². The van der Waals surface area contributed by atoms with Gasteiger partial charge in [-0.1, -0.05) is 6.07 Å². The van der Waals surface area contributed by atoms with E-state index in [2.05, 4.69) is 17.4 Å². The second-order valence-electron chi connectivity index (χ2n) is 5.64. The van der Waals surface area contributed by atoms with Crippen LogP contribution in [0.3, 0.4) is 0 Å². The number of nitrogens with one attached hydrogen (secondary N) is 1. The molecule has 1 aromatic carbocycles. The lowest BCUT2D eigenvalue weighted by molar-refractivity contribution is -0.125. The van der Waals surface area contributed by atoms with Crippen molar-refractivity contribution in [3.05, 3.63) is 23.8 Å². The summed E-state index contributed by atoms with van der Waals surface area (Å²) in [6, 6.07) is 6.81. The first-order chi connectivity index (χ1) is 9.69. The van der Waals surface area contributed by atoms with Gasteiger partial charge in [0, 0.05) is 12.6 Å². The number of amides is 1. The fourth-order valence-electron chi connectivity index (χ4n) is 3.12. The molecule has 2 atom stereocenters. The first-order valence-corrected chi connectivity index (χ1v) is 7.53. The lowest BCUT2D eigenvalue weighted by Crippen LogP contribution is -2.44. The van der Waals surface area contributed by atoms with E-state index in [1.807, 2.05) is 24.8 Å². The molecule has 2 aliphatic rings. The van der Waals surface area contributed by atoms with Gasteiger partial charge in [-0.2, -0.15) is 0 Å². The largest absolute Gasteiger partial charge is 0.479 e. The standard InChI is InChI=1S/C16H22N2O2/c1-3-18-14-10-12(9-13-5-4-8-17-13)6-7-15(14)20-11(2)16(18)19/h6-7,10-11,13,17H,3-5,8-9H2,1-2H3.